The molecular weight excluding hydrogens is 618 g/mol. The number of para-hydroxylation sites is 1. The minimum Gasteiger partial charge on any atom is -0.504 e. The van der Waals surface area contributed by atoms with Gasteiger partial charge in [0.2, 0.25) is 5.91 Å². The summed E-state index contributed by atoms with van der Waals surface area (Å²) in [7, 11) is 0. The number of unbranched alkanes of at least 4 members (excludes halogenated alkanes) is 2. The summed E-state index contributed by atoms with van der Waals surface area (Å²) >= 11 is 0. The molecule has 0 fully saturated rings. The molecule has 0 spiro atoms. The molecule has 3 amide bonds. The van der Waals surface area contributed by atoms with Crippen LogP contribution < -0.4 is 16.1 Å². The highest BCUT2D eigenvalue weighted by molar-refractivity contribution is 5.95. The molecule has 2 heterocycles. The number of allylic oxidation sites excluding steroid dienone is 1. The van der Waals surface area contributed by atoms with Crippen LogP contribution in [0.15, 0.2) is 85.2 Å². The number of rotatable bonds is 17. The van der Waals surface area contributed by atoms with Crippen LogP contribution in [-0.2, 0) is 14.3 Å². The van der Waals surface area contributed by atoms with Gasteiger partial charge in [-0.15, -0.1) is 0 Å². The summed E-state index contributed by atoms with van der Waals surface area (Å²) in [5.74, 6) is -2.52. The zero-order valence-electron chi connectivity index (χ0n) is 26.2. The maximum absolute atomic E-state index is 13.2. The maximum Gasteiger partial charge on any atom is 0.355 e. The van der Waals surface area contributed by atoms with E-state index >= 15 is 0 Å². The van der Waals surface area contributed by atoms with E-state index in [-0.39, 0.29) is 47.9 Å². The molecule has 13 nitrogen and oxygen atoms in total. The Kier molecular flexibility index (Phi) is 13.1. The van der Waals surface area contributed by atoms with Crippen molar-refractivity contribution in [1.29, 1.82) is 0 Å². The lowest BCUT2D eigenvalue weighted by Gasteiger charge is -2.23. The van der Waals surface area contributed by atoms with Gasteiger partial charge in [0, 0.05) is 59.2 Å². The number of pyridine rings is 1. The van der Waals surface area contributed by atoms with Gasteiger partial charge in [0.05, 0.1) is 0 Å². The van der Waals surface area contributed by atoms with Crippen LogP contribution >= 0.6 is 0 Å². The first kappa shape index (κ1) is 35.2. The predicted octanol–water partition coefficient (Wildman–Crippen LogP) is 5.12. The number of phenolic OH excluding ortho intramolecular Hbond substituents is 2. The molecule has 2 unspecified atom stereocenters. The molecule has 2 aromatic carbocycles. The van der Waals surface area contributed by atoms with Crippen LogP contribution in [0.2, 0.25) is 0 Å². The lowest BCUT2D eigenvalue weighted by molar-refractivity contribution is -0.124. The van der Waals surface area contributed by atoms with Crippen LogP contribution in [0, 0.1) is 0 Å². The first-order valence-corrected chi connectivity index (χ1v) is 15.6. The molecular formula is C35H39N5O8. The van der Waals surface area contributed by atoms with Crippen molar-refractivity contribution in [2.45, 2.75) is 63.5 Å². The largest absolute Gasteiger partial charge is 0.504 e. The molecule has 7 N–H and O–H groups in total. The topological polar surface area (TPSA) is 203 Å². The molecule has 0 aliphatic heterocycles. The molecule has 0 bridgehead atoms. The van der Waals surface area contributed by atoms with Crippen LogP contribution in [0.25, 0.3) is 10.9 Å². The third-order valence-electron chi connectivity index (χ3n) is 7.64. The zero-order valence-corrected chi connectivity index (χ0v) is 26.2. The van der Waals surface area contributed by atoms with Crippen LogP contribution in [0.3, 0.4) is 0 Å². The number of phenols is 2. The van der Waals surface area contributed by atoms with Gasteiger partial charge in [0.15, 0.2) is 11.5 Å². The summed E-state index contributed by atoms with van der Waals surface area (Å²) in [6, 6.07) is 16.0. The van der Waals surface area contributed by atoms with E-state index in [0.29, 0.717) is 43.4 Å². The minimum absolute atomic E-state index is 0.00587. The highest BCUT2D eigenvalue weighted by Crippen LogP contribution is 2.27. The molecule has 0 saturated heterocycles. The zero-order chi connectivity index (χ0) is 34.3. The Morgan fingerprint density at radius 3 is 2.44 bits per heavy atom. The molecule has 0 aliphatic carbocycles. The van der Waals surface area contributed by atoms with Crippen LogP contribution in [0.1, 0.15) is 72.2 Å². The second-order valence-electron chi connectivity index (χ2n) is 11.2. The van der Waals surface area contributed by atoms with Gasteiger partial charge in [-0.05, 0) is 74.9 Å². The van der Waals surface area contributed by atoms with Crippen molar-refractivity contribution in [1.82, 2.24) is 20.8 Å². The number of benzene rings is 2. The van der Waals surface area contributed by atoms with E-state index in [1.165, 1.54) is 36.7 Å². The van der Waals surface area contributed by atoms with Crippen LogP contribution in [0.5, 0.6) is 11.5 Å². The number of ether oxygens (including phenoxy) is 1. The van der Waals surface area contributed by atoms with E-state index < -0.39 is 18.0 Å². The normalized spacial score (nSPS) is 12.4. The number of aromatic hydroxyl groups is 2. The van der Waals surface area contributed by atoms with Crippen LogP contribution in [0.4, 0.5) is 5.69 Å². The number of carbonyl (C=O) groups excluding carboxylic acids is 4. The smallest absolute Gasteiger partial charge is 0.355 e. The third kappa shape index (κ3) is 11.0. The van der Waals surface area contributed by atoms with E-state index in [1.54, 1.807) is 29.8 Å². The number of hydrogen-bond acceptors (Lipinski definition) is 9. The number of carbonyl (C=O) groups is 4. The first-order chi connectivity index (χ1) is 23.2. The molecule has 0 aliphatic rings. The number of esters is 1. The van der Waals surface area contributed by atoms with Gasteiger partial charge >= 0.3 is 5.97 Å². The number of aromatic nitrogens is 2. The molecule has 4 aromatic rings. The molecule has 2 aromatic heterocycles. The van der Waals surface area contributed by atoms with E-state index in [4.69, 9.17) is 9.94 Å². The predicted molar refractivity (Wildman–Crippen MR) is 177 cm³/mol. The SMILES string of the molecule is O=C(/C=C/CCCCC(CCC(CCC(=O)Nc1ccc(O)c(O)c1)OC(=O)c1cc2ccccc2[nH]1)NC(=O)c1ccncc1)NO. The highest BCUT2D eigenvalue weighted by atomic mass is 16.5. The molecule has 0 radical (unpaired) electrons. The molecule has 252 valence electrons. The van der Waals surface area contributed by atoms with Crippen molar-refractivity contribution in [3.8, 4) is 11.5 Å². The fraction of sp³-hybridized carbons (Fsp3) is 0.286. The number of aromatic amines is 1. The van der Waals surface area contributed by atoms with Gasteiger partial charge in [-0.1, -0.05) is 30.7 Å². The number of anilines is 1. The standard InChI is InChI=1S/C35H39N5O8/c41-30-15-12-26(22-31(30)42)37-32(43)16-14-27(48-35(46)29-21-24-7-5-6-9-28(24)39-29)13-11-25(8-3-1-2-4-10-33(44)40-47)38-34(45)23-17-19-36-20-18-23/h4-7,9-10,12,15,17-22,25,27,39,41-42,47H,1-3,8,11,13-14,16H2,(H,37,43)(H,38,45)(H,40,44)/b10-4+. The number of nitrogens with zero attached hydrogens (tertiary/aromatic N) is 1. The van der Waals surface area contributed by atoms with Gasteiger partial charge in [-0.25, -0.2) is 10.3 Å². The number of H-pyrrole nitrogens is 1. The van der Waals surface area contributed by atoms with Crippen molar-refractivity contribution in [3.63, 3.8) is 0 Å². The Bertz CT molecular complexity index is 1690. The quantitative estimate of drug-likeness (QED) is 0.0153. The lowest BCUT2D eigenvalue weighted by atomic mass is 9.99. The number of nitrogens with one attached hydrogen (secondary N) is 4. The van der Waals surface area contributed by atoms with Crippen molar-refractivity contribution in [2.24, 2.45) is 0 Å². The van der Waals surface area contributed by atoms with Gasteiger partial charge in [-0.3, -0.25) is 24.6 Å². The van der Waals surface area contributed by atoms with Crippen molar-refractivity contribution in [2.75, 3.05) is 5.32 Å². The van der Waals surface area contributed by atoms with Crippen molar-refractivity contribution >= 4 is 40.3 Å². The van der Waals surface area contributed by atoms with Crippen LogP contribution in [-0.4, -0.2) is 61.2 Å². The summed E-state index contributed by atoms with van der Waals surface area (Å²) in [5.41, 5.74) is 3.35. The maximum atomic E-state index is 13.2. The third-order valence-corrected chi connectivity index (χ3v) is 7.64. The Balaban J connectivity index is 1.43. The fourth-order valence-electron chi connectivity index (χ4n) is 5.11. The summed E-state index contributed by atoms with van der Waals surface area (Å²) in [6.45, 7) is 0. The average molecular weight is 658 g/mol. The van der Waals surface area contributed by atoms with Crippen molar-refractivity contribution < 1.29 is 39.3 Å². The van der Waals surface area contributed by atoms with E-state index in [9.17, 15) is 29.4 Å². The van der Waals surface area contributed by atoms with Gasteiger partial charge < -0.3 is 30.6 Å². The fourth-order valence-corrected chi connectivity index (χ4v) is 5.11. The Morgan fingerprint density at radius 1 is 0.896 bits per heavy atom. The second kappa shape index (κ2) is 17.9. The Morgan fingerprint density at radius 2 is 1.69 bits per heavy atom. The molecule has 13 heteroatoms. The minimum atomic E-state index is -0.678. The van der Waals surface area contributed by atoms with E-state index in [0.717, 1.165) is 17.3 Å². The molecule has 48 heavy (non-hydrogen) atoms. The van der Waals surface area contributed by atoms with Gasteiger partial charge in [-0.2, -0.15) is 0 Å². The monoisotopic (exact) mass is 657 g/mol. The number of hydrogen-bond donors (Lipinski definition) is 7. The van der Waals surface area contributed by atoms with Gasteiger partial charge in [0.25, 0.3) is 11.8 Å². The van der Waals surface area contributed by atoms with E-state index in [2.05, 4.69) is 20.6 Å². The Labute approximate surface area is 277 Å². The summed E-state index contributed by atoms with van der Waals surface area (Å²) in [5, 5.41) is 34.5. The second-order valence-corrected chi connectivity index (χ2v) is 11.2. The highest BCUT2D eigenvalue weighted by Gasteiger charge is 2.22. The molecule has 2 atom stereocenters. The first-order valence-electron chi connectivity index (χ1n) is 15.6. The van der Waals surface area contributed by atoms with E-state index in [1.807, 2.05) is 24.3 Å². The molecule has 0 saturated carbocycles. The van der Waals surface area contributed by atoms with Crippen molar-refractivity contribution in [3.05, 3.63) is 96.5 Å². The Hall–Kier alpha value is -5.69. The average Bonchev–Trinajstić information content (AvgIpc) is 3.54. The lowest BCUT2D eigenvalue weighted by Crippen LogP contribution is -2.36. The van der Waals surface area contributed by atoms with Gasteiger partial charge in [0.1, 0.15) is 11.8 Å². The summed E-state index contributed by atoms with van der Waals surface area (Å²) in [6.07, 6.45) is 8.88. The summed E-state index contributed by atoms with van der Waals surface area (Å²) in [4.78, 5) is 57.3. The number of hydroxylamine groups is 1. The number of fused-ring (bicyclic) bond motifs is 1. The number of amides is 3. The molecule has 4 rings (SSSR count). The summed E-state index contributed by atoms with van der Waals surface area (Å²) < 4.78 is 5.92.